The van der Waals surface area contributed by atoms with Gasteiger partial charge in [0.25, 0.3) is 17.0 Å². The number of rotatable bonds is 7. The van der Waals surface area contributed by atoms with Gasteiger partial charge in [-0.15, -0.1) is 16.4 Å². The van der Waals surface area contributed by atoms with Crippen LogP contribution in [0.25, 0.3) is 5.82 Å². The second-order valence-electron chi connectivity index (χ2n) is 7.33. The third-order valence-electron chi connectivity index (χ3n) is 4.89. The minimum Gasteiger partial charge on any atom is -0.350 e. The molecule has 4 rings (SSSR count). The fourth-order valence-corrected chi connectivity index (χ4v) is 4.01. The Bertz CT molecular complexity index is 1480. The molecule has 0 fully saturated rings. The molecule has 0 saturated heterocycles. The molecule has 0 aliphatic rings. The summed E-state index contributed by atoms with van der Waals surface area (Å²) in [6.45, 7) is 3.96. The number of thiophene rings is 1. The number of hydrogen-bond donors (Lipinski definition) is 2. The van der Waals surface area contributed by atoms with Crippen molar-refractivity contribution in [3.63, 3.8) is 0 Å². The first-order chi connectivity index (χ1) is 15.8. The van der Waals surface area contributed by atoms with E-state index in [1.807, 2.05) is 31.4 Å². The molecule has 2 N–H and O–H groups in total. The molecule has 4 aromatic heterocycles. The average Bonchev–Trinajstić information content (AvgIpc) is 3.41. The maximum atomic E-state index is 12.7. The number of aromatic nitrogens is 6. The van der Waals surface area contributed by atoms with E-state index in [2.05, 4.69) is 20.5 Å². The van der Waals surface area contributed by atoms with Crippen LogP contribution in [0.15, 0.2) is 56.3 Å². The fraction of sp³-hybridized carbons (Fsp3) is 0.238. The zero-order valence-corrected chi connectivity index (χ0v) is 18.8. The van der Waals surface area contributed by atoms with Gasteiger partial charge in [-0.1, -0.05) is 6.07 Å². The number of amides is 1. The predicted octanol–water partition coefficient (Wildman–Crippen LogP) is 0.436. The van der Waals surface area contributed by atoms with Gasteiger partial charge in [-0.25, -0.2) is 14.2 Å². The smallest absolute Gasteiger partial charge is 0.328 e. The highest BCUT2D eigenvalue weighted by Crippen LogP contribution is 2.09. The van der Waals surface area contributed by atoms with E-state index < -0.39 is 17.2 Å². The summed E-state index contributed by atoms with van der Waals surface area (Å²) in [5, 5.41) is 13.1. The molecule has 0 aliphatic carbocycles. The third kappa shape index (κ3) is 4.75. The number of nitrogens with one attached hydrogen (secondary N) is 2. The molecular formula is C21H21N7O4S. The molecule has 0 atom stereocenters. The van der Waals surface area contributed by atoms with Gasteiger partial charge in [-0.3, -0.25) is 19.0 Å². The van der Waals surface area contributed by atoms with Crippen molar-refractivity contribution in [2.75, 3.05) is 6.54 Å². The molecule has 4 aromatic rings. The van der Waals surface area contributed by atoms with Gasteiger partial charge in [-0.05, 0) is 37.4 Å². The predicted molar refractivity (Wildman–Crippen MR) is 122 cm³/mol. The molecule has 0 aromatic carbocycles. The molecule has 0 radical (unpaired) electrons. The van der Waals surface area contributed by atoms with E-state index in [0.29, 0.717) is 5.82 Å². The number of H-pyrrole nitrogens is 1. The largest absolute Gasteiger partial charge is 0.350 e. The first-order valence-corrected chi connectivity index (χ1v) is 11.0. The van der Waals surface area contributed by atoms with E-state index in [1.54, 1.807) is 16.8 Å². The molecule has 4 heterocycles. The quantitative estimate of drug-likeness (QED) is 0.405. The highest BCUT2D eigenvalue weighted by molar-refractivity contribution is 7.09. The van der Waals surface area contributed by atoms with Crippen LogP contribution in [0.1, 0.15) is 26.6 Å². The van der Waals surface area contributed by atoms with Crippen molar-refractivity contribution >= 4 is 17.2 Å². The van der Waals surface area contributed by atoms with E-state index in [1.165, 1.54) is 22.1 Å². The Morgan fingerprint density at radius 1 is 1.15 bits per heavy atom. The first-order valence-electron chi connectivity index (χ1n) is 10.1. The van der Waals surface area contributed by atoms with Crippen LogP contribution in [0.3, 0.4) is 0 Å². The molecule has 0 spiro atoms. The summed E-state index contributed by atoms with van der Waals surface area (Å²) in [7, 11) is 0. The number of hydrogen-bond acceptors (Lipinski definition) is 7. The Morgan fingerprint density at radius 3 is 2.67 bits per heavy atom. The van der Waals surface area contributed by atoms with E-state index in [9.17, 15) is 19.2 Å². The second-order valence-corrected chi connectivity index (χ2v) is 8.36. The lowest BCUT2D eigenvalue weighted by Gasteiger charge is -2.10. The summed E-state index contributed by atoms with van der Waals surface area (Å²) < 4.78 is 3.82. The molecule has 11 nitrogen and oxygen atoms in total. The van der Waals surface area contributed by atoms with Gasteiger partial charge in [0.15, 0.2) is 5.82 Å². The van der Waals surface area contributed by atoms with Crippen molar-refractivity contribution in [3.05, 3.63) is 94.9 Å². The molecular weight excluding hydrogens is 446 g/mol. The van der Waals surface area contributed by atoms with Gasteiger partial charge in [0, 0.05) is 29.4 Å². The zero-order chi connectivity index (χ0) is 23.5. The topological polar surface area (TPSA) is 137 Å². The lowest BCUT2D eigenvalue weighted by atomic mass is 10.3. The van der Waals surface area contributed by atoms with Gasteiger partial charge in [0.05, 0.1) is 18.8 Å². The van der Waals surface area contributed by atoms with E-state index >= 15 is 0 Å². The third-order valence-corrected chi connectivity index (χ3v) is 5.75. The van der Waals surface area contributed by atoms with Crippen molar-refractivity contribution in [3.8, 4) is 5.82 Å². The Morgan fingerprint density at radius 2 is 1.97 bits per heavy atom. The molecule has 1 amide bonds. The van der Waals surface area contributed by atoms with Gasteiger partial charge in [0.1, 0.15) is 5.56 Å². The Hall–Kier alpha value is -4.06. The number of aromatic amines is 1. The fourth-order valence-electron chi connectivity index (χ4n) is 3.32. The van der Waals surface area contributed by atoms with Crippen molar-refractivity contribution in [2.45, 2.75) is 26.9 Å². The van der Waals surface area contributed by atoms with E-state index in [4.69, 9.17) is 0 Å². The minimum atomic E-state index is -0.688. The minimum absolute atomic E-state index is 0.0514. The van der Waals surface area contributed by atoms with Crippen LogP contribution in [0.2, 0.25) is 0 Å². The van der Waals surface area contributed by atoms with Crippen LogP contribution >= 0.6 is 11.3 Å². The van der Waals surface area contributed by atoms with Crippen LogP contribution in [-0.4, -0.2) is 41.6 Å². The molecule has 0 bridgehead atoms. The molecule has 33 heavy (non-hydrogen) atoms. The standard InChI is InChI=1S/C21H21N7O4S/c1-13-10-14(2)28(24-13)17-5-6-18(29)27(25-17)8-7-22-19(30)16-11-23-21(32)26(20(16)31)12-15-4-3-9-33-15/h3-6,9-11H,7-8,12H2,1-2H3,(H,22,30)(H,23,32). The number of carbonyl (C=O) groups excluding carboxylic acids is 1. The average molecular weight is 468 g/mol. The van der Waals surface area contributed by atoms with Crippen molar-refractivity contribution < 1.29 is 4.79 Å². The Labute approximate surface area is 191 Å². The summed E-state index contributed by atoms with van der Waals surface area (Å²) in [6.07, 6.45) is 1.10. The number of nitrogens with zero attached hydrogens (tertiary/aromatic N) is 5. The summed E-state index contributed by atoms with van der Waals surface area (Å²) in [4.78, 5) is 52.8. The Kier molecular flexibility index (Phi) is 6.18. The normalized spacial score (nSPS) is 11.0. The summed E-state index contributed by atoms with van der Waals surface area (Å²) in [5.74, 6) is -0.178. The first kappa shape index (κ1) is 22.1. The van der Waals surface area contributed by atoms with Crippen molar-refractivity contribution in [2.24, 2.45) is 0 Å². The zero-order valence-electron chi connectivity index (χ0n) is 17.9. The summed E-state index contributed by atoms with van der Waals surface area (Å²) >= 11 is 1.41. The monoisotopic (exact) mass is 467 g/mol. The molecule has 170 valence electrons. The van der Waals surface area contributed by atoms with Crippen molar-refractivity contribution in [1.82, 2.24) is 34.4 Å². The molecule has 0 saturated carbocycles. The summed E-state index contributed by atoms with van der Waals surface area (Å²) in [5.41, 5.74) is -0.117. The van der Waals surface area contributed by atoms with Gasteiger partial charge >= 0.3 is 5.69 Å². The maximum absolute atomic E-state index is 12.7. The van der Waals surface area contributed by atoms with E-state index in [-0.39, 0.29) is 30.8 Å². The van der Waals surface area contributed by atoms with Crippen LogP contribution in [-0.2, 0) is 13.1 Å². The van der Waals surface area contributed by atoms with Crippen molar-refractivity contribution in [1.29, 1.82) is 0 Å². The number of aryl methyl sites for hydroxylation is 2. The highest BCUT2D eigenvalue weighted by Gasteiger charge is 2.15. The van der Waals surface area contributed by atoms with Crippen LogP contribution in [0, 0.1) is 13.8 Å². The van der Waals surface area contributed by atoms with Gasteiger partial charge < -0.3 is 10.3 Å². The van der Waals surface area contributed by atoms with Gasteiger partial charge in [-0.2, -0.15) is 5.10 Å². The SMILES string of the molecule is Cc1cc(C)n(-c2ccc(=O)n(CCNC(=O)c3c[nH]c(=O)n(Cc4cccs4)c3=O)n2)n1. The number of carbonyl (C=O) groups is 1. The second kappa shape index (κ2) is 9.20. The lowest BCUT2D eigenvalue weighted by Crippen LogP contribution is -2.41. The van der Waals surface area contributed by atoms with Crippen LogP contribution in [0.4, 0.5) is 0 Å². The lowest BCUT2D eigenvalue weighted by molar-refractivity contribution is 0.0949. The molecule has 12 heteroatoms. The highest BCUT2D eigenvalue weighted by atomic mass is 32.1. The molecule has 0 aliphatic heterocycles. The van der Waals surface area contributed by atoms with Gasteiger partial charge in [0.2, 0.25) is 0 Å². The van der Waals surface area contributed by atoms with E-state index in [0.717, 1.165) is 27.0 Å². The van der Waals surface area contributed by atoms with Crippen LogP contribution < -0.4 is 22.1 Å². The Balaban J connectivity index is 1.47. The van der Waals surface area contributed by atoms with Crippen LogP contribution in [0.5, 0.6) is 0 Å². The summed E-state index contributed by atoms with van der Waals surface area (Å²) in [6, 6.07) is 8.47. The molecule has 0 unspecified atom stereocenters. The maximum Gasteiger partial charge on any atom is 0.328 e.